The van der Waals surface area contributed by atoms with Crippen LogP contribution in [0.2, 0.25) is 0 Å². The molecule has 0 spiro atoms. The highest BCUT2D eigenvalue weighted by Crippen LogP contribution is 2.24. The second-order valence-electron chi connectivity index (χ2n) is 7.42. The summed E-state index contributed by atoms with van der Waals surface area (Å²) in [6.07, 6.45) is 4.90. The first kappa shape index (κ1) is 19.8. The van der Waals surface area contributed by atoms with Gasteiger partial charge in [0, 0.05) is 31.4 Å². The van der Waals surface area contributed by atoms with Crippen LogP contribution in [0.15, 0.2) is 47.4 Å². The number of carbonyl (C=O) groups excluding carboxylic acids is 1. The lowest BCUT2D eigenvalue weighted by atomic mass is 10.1. The van der Waals surface area contributed by atoms with E-state index >= 15 is 0 Å². The molecule has 0 saturated carbocycles. The number of halogens is 1. The lowest BCUT2D eigenvalue weighted by Crippen LogP contribution is -2.52. The van der Waals surface area contributed by atoms with E-state index in [4.69, 9.17) is 0 Å². The number of fused-ring (bicyclic) bond motifs is 1. The summed E-state index contributed by atoms with van der Waals surface area (Å²) in [6, 6.07) is 5.66. The van der Waals surface area contributed by atoms with Crippen molar-refractivity contribution in [3.05, 3.63) is 58.9 Å². The van der Waals surface area contributed by atoms with Gasteiger partial charge in [-0.05, 0) is 38.4 Å². The van der Waals surface area contributed by atoms with Crippen molar-refractivity contribution in [3.8, 4) is 0 Å². The summed E-state index contributed by atoms with van der Waals surface area (Å²) in [5.41, 5.74) is 1.31. The average molecular weight is 411 g/mol. The van der Waals surface area contributed by atoms with Crippen LogP contribution in [0.4, 0.5) is 16.0 Å². The predicted molar refractivity (Wildman–Crippen MR) is 111 cm³/mol. The van der Waals surface area contributed by atoms with Crippen LogP contribution in [-0.2, 0) is 4.79 Å². The molecule has 1 amide bonds. The molecule has 9 nitrogen and oxygen atoms in total. The number of hydrogen-bond donors (Lipinski definition) is 2. The average Bonchev–Trinajstić information content (AvgIpc) is 2.98. The number of anilines is 2. The van der Waals surface area contributed by atoms with Crippen LogP contribution in [0.5, 0.6) is 0 Å². The first-order valence-electron chi connectivity index (χ1n) is 9.51. The Morgan fingerprint density at radius 2 is 2.07 bits per heavy atom. The fourth-order valence-electron chi connectivity index (χ4n) is 3.25. The first-order chi connectivity index (χ1) is 14.4. The lowest BCUT2D eigenvalue weighted by molar-refractivity contribution is -0.131. The van der Waals surface area contributed by atoms with E-state index < -0.39 is 0 Å². The Labute approximate surface area is 171 Å². The van der Waals surface area contributed by atoms with E-state index in [9.17, 15) is 14.0 Å². The highest BCUT2D eigenvalue weighted by Gasteiger charge is 2.33. The first-order valence-corrected chi connectivity index (χ1v) is 9.51. The zero-order valence-electron chi connectivity index (χ0n) is 16.7. The molecule has 30 heavy (non-hydrogen) atoms. The molecule has 1 fully saturated rings. The van der Waals surface area contributed by atoms with Gasteiger partial charge in [-0.2, -0.15) is 4.98 Å². The summed E-state index contributed by atoms with van der Waals surface area (Å²) < 4.78 is 14.6. The zero-order valence-corrected chi connectivity index (χ0v) is 16.7. The number of hydrogen-bond acceptors (Lipinski definition) is 6. The highest BCUT2D eigenvalue weighted by atomic mass is 19.1. The van der Waals surface area contributed by atoms with Crippen molar-refractivity contribution in [1.82, 2.24) is 29.3 Å². The molecule has 1 aliphatic heterocycles. The number of likely N-dealkylation sites (N-methyl/N-ethyl adjacent to an activating group) is 1. The van der Waals surface area contributed by atoms with E-state index in [1.807, 2.05) is 25.1 Å². The molecule has 2 N–H and O–H groups in total. The third-order valence-corrected chi connectivity index (χ3v) is 4.83. The molecule has 4 rings (SSSR count). The molecule has 10 heteroatoms. The molecule has 0 bridgehead atoms. The van der Waals surface area contributed by atoms with Crippen molar-refractivity contribution in [3.63, 3.8) is 0 Å². The number of rotatable bonds is 6. The second-order valence-corrected chi connectivity index (χ2v) is 7.42. The molecule has 0 atom stereocenters. The van der Waals surface area contributed by atoms with E-state index in [1.165, 1.54) is 18.3 Å². The van der Waals surface area contributed by atoms with Crippen LogP contribution < -0.4 is 11.0 Å². The summed E-state index contributed by atoms with van der Waals surface area (Å²) in [5, 5.41) is 3.00. The van der Waals surface area contributed by atoms with Crippen LogP contribution in [-0.4, -0.2) is 69.0 Å². The maximum Gasteiger partial charge on any atom is 0.328 e. The number of likely N-dealkylation sites (tertiary alicyclic amines) is 1. The number of amides is 1. The van der Waals surface area contributed by atoms with E-state index in [0.717, 1.165) is 0 Å². The van der Waals surface area contributed by atoms with Gasteiger partial charge in [0.2, 0.25) is 11.9 Å². The van der Waals surface area contributed by atoms with Gasteiger partial charge < -0.3 is 20.1 Å². The van der Waals surface area contributed by atoms with Crippen molar-refractivity contribution in [1.29, 1.82) is 0 Å². The van der Waals surface area contributed by atoms with Crippen LogP contribution in [0.1, 0.15) is 6.04 Å². The number of H-pyrrole nitrogens is 1. The Balaban J connectivity index is 1.50. The van der Waals surface area contributed by atoms with Crippen molar-refractivity contribution < 1.29 is 9.18 Å². The number of imidazole rings is 1. The molecule has 1 aromatic carbocycles. The van der Waals surface area contributed by atoms with Crippen LogP contribution in [0, 0.1) is 5.82 Å². The van der Waals surface area contributed by atoms with Crippen LogP contribution in [0.25, 0.3) is 11.2 Å². The van der Waals surface area contributed by atoms with E-state index in [-0.39, 0.29) is 23.5 Å². The fourth-order valence-corrected chi connectivity index (χ4v) is 3.25. The van der Waals surface area contributed by atoms with Crippen LogP contribution in [0.3, 0.4) is 0 Å². The minimum Gasteiger partial charge on any atom is -0.335 e. The summed E-state index contributed by atoms with van der Waals surface area (Å²) in [7, 11) is 3.86. The number of nitrogens with one attached hydrogen (secondary N) is 2. The highest BCUT2D eigenvalue weighted by molar-refractivity contribution is 5.88. The molecule has 1 aliphatic rings. The molecule has 1 saturated heterocycles. The minimum absolute atomic E-state index is 0.0747. The van der Waals surface area contributed by atoms with E-state index in [2.05, 4.69) is 20.3 Å². The Morgan fingerprint density at radius 3 is 2.77 bits per heavy atom. The zero-order chi connectivity index (χ0) is 21.3. The predicted octanol–water partition coefficient (Wildman–Crippen LogP) is 1.50. The number of aromatic amines is 1. The fraction of sp³-hybridized carbons (Fsp3) is 0.300. The Hall–Kier alpha value is -3.53. The molecule has 156 valence electrons. The SMILES string of the molecule is CN(C)CC=CC(=O)N1CC(n2c(=O)[nH]c3cnc(Nc4ccc(F)cc4)nc32)C1. The van der Waals surface area contributed by atoms with E-state index in [0.29, 0.717) is 42.4 Å². The molecular weight excluding hydrogens is 389 g/mol. The van der Waals surface area contributed by atoms with Gasteiger partial charge in [0.05, 0.1) is 12.2 Å². The quantitative estimate of drug-likeness (QED) is 0.597. The van der Waals surface area contributed by atoms with Gasteiger partial charge in [-0.15, -0.1) is 0 Å². The van der Waals surface area contributed by atoms with Gasteiger partial charge in [0.1, 0.15) is 11.3 Å². The summed E-state index contributed by atoms with van der Waals surface area (Å²) in [6.45, 7) is 1.55. The second kappa shape index (κ2) is 8.07. The molecule has 3 aromatic rings. The number of carbonyl (C=O) groups is 1. The topological polar surface area (TPSA) is 99.2 Å². The van der Waals surface area contributed by atoms with Gasteiger partial charge in [-0.25, -0.2) is 14.2 Å². The molecule has 3 heterocycles. The number of aromatic nitrogens is 4. The Kier molecular flexibility index (Phi) is 5.32. The monoisotopic (exact) mass is 411 g/mol. The smallest absolute Gasteiger partial charge is 0.328 e. The molecule has 2 aromatic heterocycles. The Morgan fingerprint density at radius 1 is 1.33 bits per heavy atom. The summed E-state index contributed by atoms with van der Waals surface area (Å²) in [5.74, 6) is -0.118. The normalized spacial score (nSPS) is 14.6. The van der Waals surface area contributed by atoms with Gasteiger partial charge in [0.25, 0.3) is 0 Å². The van der Waals surface area contributed by atoms with Crippen molar-refractivity contribution in [2.24, 2.45) is 0 Å². The maximum atomic E-state index is 13.1. The van der Waals surface area contributed by atoms with Crippen molar-refractivity contribution in [2.45, 2.75) is 6.04 Å². The number of benzene rings is 1. The van der Waals surface area contributed by atoms with Crippen molar-refractivity contribution in [2.75, 3.05) is 39.0 Å². The summed E-state index contributed by atoms with van der Waals surface area (Å²) >= 11 is 0. The number of nitrogens with zero attached hydrogens (tertiary/aromatic N) is 5. The maximum absolute atomic E-state index is 13.1. The molecular formula is C20H22FN7O2. The third kappa shape index (κ3) is 4.08. The minimum atomic E-state index is -0.336. The summed E-state index contributed by atoms with van der Waals surface area (Å²) in [4.78, 5) is 39.7. The third-order valence-electron chi connectivity index (χ3n) is 4.83. The molecule has 0 unspecified atom stereocenters. The van der Waals surface area contributed by atoms with E-state index in [1.54, 1.807) is 27.7 Å². The standard InChI is InChI=1S/C20H22FN7O2/c1-26(2)9-3-4-17(29)27-11-15(12-27)28-18-16(24-20(28)30)10-22-19(25-18)23-14-7-5-13(21)6-8-14/h3-8,10,15H,9,11-12H2,1-2H3,(H,24,30)(H,22,23,25). The van der Waals surface area contributed by atoms with Crippen molar-refractivity contribution >= 4 is 28.7 Å². The largest absolute Gasteiger partial charge is 0.335 e. The molecule has 0 radical (unpaired) electrons. The van der Waals surface area contributed by atoms with Gasteiger partial charge >= 0.3 is 5.69 Å². The van der Waals surface area contributed by atoms with Gasteiger partial charge in [-0.3, -0.25) is 9.36 Å². The molecule has 0 aliphatic carbocycles. The Bertz CT molecular complexity index is 1140. The van der Waals surface area contributed by atoms with Gasteiger partial charge in [0.15, 0.2) is 5.65 Å². The van der Waals surface area contributed by atoms with Gasteiger partial charge in [-0.1, -0.05) is 6.08 Å². The lowest BCUT2D eigenvalue weighted by Gasteiger charge is -2.38. The van der Waals surface area contributed by atoms with Crippen LogP contribution >= 0.6 is 0 Å².